The molecule has 2 amide bonds. The Morgan fingerprint density at radius 2 is 0.935 bits per heavy atom. The predicted octanol–water partition coefficient (Wildman–Crippen LogP) is 13.9. The van der Waals surface area contributed by atoms with Crippen LogP contribution in [0, 0.1) is 11.3 Å². The van der Waals surface area contributed by atoms with Crippen molar-refractivity contribution in [1.82, 2.24) is 0 Å². The summed E-state index contributed by atoms with van der Waals surface area (Å²) in [7, 11) is 3.26. The second-order valence-corrected chi connectivity index (χ2v) is 19.9. The molecule has 2 N–H and O–H groups in total. The van der Waals surface area contributed by atoms with Crippen LogP contribution in [0.3, 0.4) is 0 Å². The van der Waals surface area contributed by atoms with Gasteiger partial charge < -0.3 is 57.4 Å². The first-order valence-electron chi connectivity index (χ1n) is 30.5. The van der Waals surface area contributed by atoms with E-state index in [1.807, 2.05) is 158 Å². The van der Waals surface area contributed by atoms with Gasteiger partial charge in [0.05, 0.1) is 79.3 Å². The van der Waals surface area contributed by atoms with Gasteiger partial charge in [0.15, 0.2) is 5.60 Å². The monoisotopic (exact) mass is 1260 g/mol. The number of hydrogen-bond acceptors (Lipinski definition) is 17. The van der Waals surface area contributed by atoms with E-state index in [4.69, 9.17) is 52.2 Å². The minimum absolute atomic E-state index is 0.208. The number of oxime groups is 1. The Morgan fingerprint density at radius 3 is 1.36 bits per heavy atom. The Morgan fingerprint density at radius 1 is 0.533 bits per heavy atom. The van der Waals surface area contributed by atoms with Crippen molar-refractivity contribution in [3.63, 3.8) is 0 Å². The van der Waals surface area contributed by atoms with Crippen LogP contribution >= 0.6 is 0 Å². The third-order valence-corrected chi connectivity index (χ3v) is 13.4. The van der Waals surface area contributed by atoms with Gasteiger partial charge in [-0.25, -0.2) is 9.59 Å². The average molecular weight is 1270 g/mol. The molecule has 0 aliphatic carbocycles. The largest absolute Gasteiger partial charge is 0.498 e. The van der Waals surface area contributed by atoms with Crippen LogP contribution in [0.2, 0.25) is 0 Å². The van der Waals surface area contributed by atoms with Gasteiger partial charge >= 0.3 is 30.2 Å². The molecule has 6 aromatic carbocycles. The summed E-state index contributed by atoms with van der Waals surface area (Å²) in [5, 5.41) is 23.7. The van der Waals surface area contributed by atoms with Crippen LogP contribution in [0.5, 0.6) is 0 Å². The summed E-state index contributed by atoms with van der Waals surface area (Å²) >= 11 is 0. The minimum atomic E-state index is -1.16. The molecular formula is C72H88N4O16. The SMILES string of the molecule is C=C.C=CCCOC(=O)CCCCOC(=O)Nc1ccccc1.COCCOCCOC(C#[N+][O-])(c1ccccc1)c1ccccc1.COCCOCCOC(C1=NOC(CCOC(=O)CCCCOC(=O)Nc2ccccc2)C1)(c1ccccc1)c1ccccc1. The topological polar surface area (TPSA) is 234 Å². The van der Waals surface area contributed by atoms with Crippen LogP contribution in [-0.2, 0) is 73.0 Å². The fourth-order valence-corrected chi connectivity index (χ4v) is 8.92. The summed E-state index contributed by atoms with van der Waals surface area (Å²) in [5.41, 5.74) is 3.40. The van der Waals surface area contributed by atoms with Crippen LogP contribution in [0.4, 0.5) is 21.0 Å². The highest BCUT2D eigenvalue weighted by Crippen LogP contribution is 2.40. The lowest BCUT2D eigenvalue weighted by Gasteiger charge is -2.34. The Kier molecular flexibility index (Phi) is 38.3. The van der Waals surface area contributed by atoms with Crippen molar-refractivity contribution in [3.8, 4) is 6.07 Å². The number of nitrogens with zero attached hydrogens (tertiary/aromatic N) is 2. The molecule has 0 bridgehead atoms. The zero-order valence-corrected chi connectivity index (χ0v) is 52.9. The summed E-state index contributed by atoms with van der Waals surface area (Å²) < 4.78 is 54.4. The summed E-state index contributed by atoms with van der Waals surface area (Å²) in [6, 6.07) is 59.6. The normalized spacial score (nSPS) is 12.1. The van der Waals surface area contributed by atoms with Crippen molar-refractivity contribution in [2.75, 3.05) is 104 Å². The highest BCUT2D eigenvalue weighted by molar-refractivity contribution is 5.97. The number of benzene rings is 6. The molecule has 0 fully saturated rings. The molecule has 0 radical (unpaired) electrons. The quantitative estimate of drug-likeness (QED) is 0.0121. The van der Waals surface area contributed by atoms with Crippen molar-refractivity contribution in [3.05, 3.63) is 240 Å². The molecule has 20 nitrogen and oxygen atoms in total. The number of para-hydroxylation sites is 2. The standard InChI is InChI=1S/C35H42N2O8.C19H21NO4.C16H21NO4.C2H4/c1-40-23-24-41-25-26-44-35(28-13-5-2-6-14-28,29-15-7-3-8-16-29)32-27-31(45-37-32)20-22-42-33(38)19-11-12-21-43-34(39)36-30-17-9-4-10-18-30;1-22-12-13-23-14-15-24-19(16-20-21,17-8-4-2-5-9-17)18-10-6-3-7-11-18;1-2-3-12-20-15(18)11-7-8-13-21-16(19)17-14-9-5-4-6-10-14;1-2/h2-10,13-18,31H,11-12,19-27H2,1H3,(H,36,39);2-11H,12-15H2,1H3;2,4-6,9-10H,1,3,7-8,11-13H2,(H,17,19);1-2H2. The second-order valence-electron chi connectivity index (χ2n) is 19.9. The maximum atomic E-state index is 12.3. The van der Waals surface area contributed by atoms with E-state index in [1.165, 1.54) is 0 Å². The highest BCUT2D eigenvalue weighted by Gasteiger charge is 2.45. The molecule has 0 spiro atoms. The lowest BCUT2D eigenvalue weighted by Crippen LogP contribution is -2.41. The Hall–Kier alpha value is -9.20. The van der Waals surface area contributed by atoms with Crippen molar-refractivity contribution >= 4 is 41.2 Å². The zero-order chi connectivity index (χ0) is 66.0. The molecule has 492 valence electrons. The molecule has 0 aromatic heterocycles. The Labute approximate surface area is 541 Å². The van der Waals surface area contributed by atoms with E-state index < -0.39 is 23.4 Å². The number of ether oxygens (including phenoxy) is 10. The van der Waals surface area contributed by atoms with Gasteiger partial charge in [0.1, 0.15) is 11.8 Å². The molecule has 20 heteroatoms. The number of amides is 2. The van der Waals surface area contributed by atoms with Gasteiger partial charge in [-0.3, -0.25) is 20.2 Å². The van der Waals surface area contributed by atoms with Crippen molar-refractivity contribution in [2.24, 2.45) is 5.16 Å². The number of esters is 2. The van der Waals surface area contributed by atoms with E-state index in [0.29, 0.717) is 116 Å². The van der Waals surface area contributed by atoms with Gasteiger partial charge in [0.25, 0.3) is 5.60 Å². The number of nitrogens with one attached hydrogen (secondary N) is 2. The number of unbranched alkanes of at least 4 members (excludes halogenated alkanes) is 2. The number of carbonyl (C=O) groups excluding carboxylic acids is 4. The molecule has 1 aliphatic rings. The molecule has 92 heavy (non-hydrogen) atoms. The summed E-state index contributed by atoms with van der Waals surface area (Å²) in [6.07, 6.45) is 5.01. The van der Waals surface area contributed by atoms with E-state index in [9.17, 15) is 24.4 Å². The van der Waals surface area contributed by atoms with Crippen molar-refractivity contribution < 1.29 is 71.4 Å². The molecule has 1 aliphatic heterocycles. The van der Waals surface area contributed by atoms with Gasteiger partial charge in [-0.2, -0.15) is 0 Å². The summed E-state index contributed by atoms with van der Waals surface area (Å²) in [5.74, 6) is -0.534. The number of rotatable bonds is 37. The summed E-state index contributed by atoms with van der Waals surface area (Å²) in [6.45, 7) is 14.0. The van der Waals surface area contributed by atoms with E-state index in [-0.39, 0.29) is 50.9 Å². The van der Waals surface area contributed by atoms with Crippen LogP contribution in [0.15, 0.2) is 213 Å². The first-order chi connectivity index (χ1) is 45.2. The van der Waals surface area contributed by atoms with Crippen LogP contribution in [0.25, 0.3) is 5.01 Å². The number of methoxy groups -OCH3 is 2. The highest BCUT2D eigenvalue weighted by atomic mass is 16.6. The van der Waals surface area contributed by atoms with Crippen molar-refractivity contribution in [2.45, 2.75) is 75.1 Å². The van der Waals surface area contributed by atoms with E-state index in [1.54, 1.807) is 44.6 Å². The molecule has 1 atom stereocenters. The fourth-order valence-electron chi connectivity index (χ4n) is 8.92. The first kappa shape index (κ1) is 75.3. The second kappa shape index (κ2) is 46.8. The fraction of sp³-hybridized carbons (Fsp3) is 0.361. The predicted molar refractivity (Wildman–Crippen MR) is 355 cm³/mol. The molecule has 0 saturated heterocycles. The van der Waals surface area contributed by atoms with Gasteiger partial charge in [0, 0.05) is 67.4 Å². The Bertz CT molecular complexity index is 2970. The van der Waals surface area contributed by atoms with Crippen LogP contribution < -0.4 is 10.6 Å². The maximum absolute atomic E-state index is 12.3. The van der Waals surface area contributed by atoms with Gasteiger partial charge in [-0.05, 0) is 67.5 Å². The molecule has 7 rings (SSSR count). The number of hydrogen-bond donors (Lipinski definition) is 2. The van der Waals surface area contributed by atoms with Crippen molar-refractivity contribution in [1.29, 1.82) is 0 Å². The first-order valence-corrected chi connectivity index (χ1v) is 30.5. The Balaban J connectivity index is 0.000000322. The summed E-state index contributed by atoms with van der Waals surface area (Å²) in [4.78, 5) is 52.7. The lowest BCUT2D eigenvalue weighted by molar-refractivity contribution is -0.145. The van der Waals surface area contributed by atoms with Crippen LogP contribution in [-0.4, -0.2) is 129 Å². The zero-order valence-electron chi connectivity index (χ0n) is 52.9. The van der Waals surface area contributed by atoms with Gasteiger partial charge in [0.2, 0.25) is 0 Å². The smallest absolute Gasteiger partial charge is 0.411 e. The molecule has 1 heterocycles. The third kappa shape index (κ3) is 28.3. The lowest BCUT2D eigenvalue weighted by atomic mass is 9.80. The third-order valence-electron chi connectivity index (χ3n) is 13.4. The molecule has 0 saturated carbocycles. The minimum Gasteiger partial charge on any atom is -0.498 e. The van der Waals surface area contributed by atoms with Gasteiger partial charge in [-0.15, -0.1) is 19.7 Å². The van der Waals surface area contributed by atoms with Gasteiger partial charge in [-0.1, -0.05) is 169 Å². The van der Waals surface area contributed by atoms with Crippen LogP contribution in [0.1, 0.15) is 80.0 Å². The number of carbonyl (C=O) groups is 4. The number of anilines is 2. The molecule has 1 unspecified atom stereocenters. The van der Waals surface area contributed by atoms with E-state index >= 15 is 0 Å². The maximum Gasteiger partial charge on any atom is 0.411 e. The molecular weight excluding hydrogens is 1180 g/mol. The molecule has 6 aromatic rings. The van der Waals surface area contributed by atoms with E-state index in [0.717, 1.165) is 28.0 Å². The average Bonchev–Trinajstić information content (AvgIpc) is 1.34. The van der Waals surface area contributed by atoms with E-state index in [2.05, 4.69) is 46.6 Å².